The van der Waals surface area contributed by atoms with Crippen LogP contribution >= 0.6 is 0 Å². The maximum Gasteiger partial charge on any atom is 0.494 e. The normalized spacial score (nSPS) is 29.3. The summed E-state index contributed by atoms with van der Waals surface area (Å²) in [6.07, 6.45) is 3.51. The molecule has 34 heavy (non-hydrogen) atoms. The molecular formula is C26H36BN3O4. The smallest absolute Gasteiger partial charge is 0.444 e. The van der Waals surface area contributed by atoms with Crippen molar-refractivity contribution in [3.05, 3.63) is 36.3 Å². The fourth-order valence-corrected chi connectivity index (χ4v) is 5.04. The Hall–Kier alpha value is -2.32. The van der Waals surface area contributed by atoms with Gasteiger partial charge in [0.2, 0.25) is 0 Å². The van der Waals surface area contributed by atoms with E-state index in [4.69, 9.17) is 14.0 Å². The molecule has 7 nitrogen and oxygen atoms in total. The molecule has 5 rings (SSSR count). The molecule has 1 N–H and O–H groups in total. The van der Waals surface area contributed by atoms with Crippen molar-refractivity contribution in [2.45, 2.75) is 97.1 Å². The Morgan fingerprint density at radius 1 is 1.09 bits per heavy atom. The lowest BCUT2D eigenvalue weighted by Gasteiger charge is -2.32. The van der Waals surface area contributed by atoms with Gasteiger partial charge in [-0.05, 0) is 77.7 Å². The van der Waals surface area contributed by atoms with Crippen LogP contribution < -0.4 is 5.46 Å². The average Bonchev–Trinajstić information content (AvgIpc) is 3.05. The zero-order valence-electron chi connectivity index (χ0n) is 21.6. The fraction of sp³-hybridized carbons (Fsp3) is 0.615. The highest BCUT2D eigenvalue weighted by Gasteiger charge is 2.64. The lowest BCUT2D eigenvalue weighted by Crippen LogP contribution is -2.41. The van der Waals surface area contributed by atoms with Crippen molar-refractivity contribution in [2.24, 2.45) is 5.41 Å². The number of aromatic nitrogens is 2. The molecule has 1 amide bonds. The van der Waals surface area contributed by atoms with Crippen LogP contribution in [0.15, 0.2) is 30.5 Å². The van der Waals surface area contributed by atoms with E-state index < -0.39 is 5.60 Å². The van der Waals surface area contributed by atoms with E-state index in [0.29, 0.717) is 0 Å². The molecule has 3 fully saturated rings. The fourth-order valence-electron chi connectivity index (χ4n) is 5.04. The monoisotopic (exact) mass is 465 g/mol. The van der Waals surface area contributed by atoms with Crippen LogP contribution in [0.3, 0.4) is 0 Å². The van der Waals surface area contributed by atoms with E-state index in [9.17, 15) is 4.79 Å². The summed E-state index contributed by atoms with van der Waals surface area (Å²) in [6.45, 7) is 16.2. The highest BCUT2D eigenvalue weighted by Crippen LogP contribution is 2.63. The maximum atomic E-state index is 13.0. The number of rotatable bonds is 3. The van der Waals surface area contributed by atoms with Crippen molar-refractivity contribution >= 4 is 18.7 Å². The third kappa shape index (κ3) is 3.95. The first kappa shape index (κ1) is 23.4. The second-order valence-corrected chi connectivity index (χ2v) is 12.4. The third-order valence-corrected chi connectivity index (χ3v) is 7.90. The van der Waals surface area contributed by atoms with Gasteiger partial charge in [0.05, 0.1) is 29.1 Å². The van der Waals surface area contributed by atoms with E-state index in [0.717, 1.165) is 35.4 Å². The topological polar surface area (TPSA) is 76.7 Å². The largest absolute Gasteiger partial charge is 0.494 e. The van der Waals surface area contributed by atoms with Gasteiger partial charge in [0, 0.05) is 6.04 Å². The first-order chi connectivity index (χ1) is 15.7. The van der Waals surface area contributed by atoms with E-state index in [-0.39, 0.29) is 41.9 Å². The lowest BCUT2D eigenvalue weighted by atomic mass is 9.79. The SMILES string of the molecule is CC(C)(C)OC(=O)N1[C@H](c2ncc(-c3ccc(B4OC(C)(C)C(C)(C)O4)cc3)[nH]2)C[C@@]2(C)C[C@@H]12. The molecule has 0 spiro atoms. The molecule has 182 valence electrons. The van der Waals surface area contributed by atoms with Crippen molar-refractivity contribution in [3.8, 4) is 11.3 Å². The number of amides is 1. The zero-order chi connectivity index (χ0) is 24.7. The number of hydrogen-bond donors (Lipinski definition) is 1. The van der Waals surface area contributed by atoms with E-state index in [2.05, 4.69) is 56.7 Å². The molecule has 2 aliphatic heterocycles. The molecule has 8 heteroatoms. The third-order valence-electron chi connectivity index (χ3n) is 7.90. The molecule has 0 unspecified atom stereocenters. The van der Waals surface area contributed by atoms with E-state index in [1.54, 1.807) is 0 Å². The van der Waals surface area contributed by atoms with E-state index in [1.807, 2.05) is 44.0 Å². The summed E-state index contributed by atoms with van der Waals surface area (Å²) in [7, 11) is -0.385. The Morgan fingerprint density at radius 2 is 1.71 bits per heavy atom. The molecule has 1 aromatic heterocycles. The number of benzene rings is 1. The van der Waals surface area contributed by atoms with Gasteiger partial charge in [0.1, 0.15) is 11.4 Å². The van der Waals surface area contributed by atoms with Crippen molar-refractivity contribution in [1.82, 2.24) is 14.9 Å². The second kappa shape index (κ2) is 7.34. The number of hydrogen-bond acceptors (Lipinski definition) is 5. The van der Waals surface area contributed by atoms with Gasteiger partial charge >= 0.3 is 13.2 Å². The number of H-pyrrole nitrogens is 1. The molecule has 0 radical (unpaired) electrons. The van der Waals surface area contributed by atoms with Gasteiger partial charge in [-0.1, -0.05) is 31.2 Å². The number of carbonyl (C=O) groups is 1. The molecule has 1 aromatic carbocycles. The van der Waals surface area contributed by atoms with Crippen LogP contribution in [0.25, 0.3) is 11.3 Å². The van der Waals surface area contributed by atoms with Gasteiger partial charge in [-0.15, -0.1) is 0 Å². The van der Waals surface area contributed by atoms with Crippen molar-refractivity contribution in [1.29, 1.82) is 0 Å². The first-order valence-electron chi connectivity index (χ1n) is 12.2. The summed E-state index contributed by atoms with van der Waals surface area (Å²) >= 11 is 0. The zero-order valence-corrected chi connectivity index (χ0v) is 21.6. The Bertz CT molecular complexity index is 1090. The summed E-state index contributed by atoms with van der Waals surface area (Å²) in [5.74, 6) is 0.810. The summed E-state index contributed by atoms with van der Waals surface area (Å²) in [4.78, 5) is 23.0. The number of nitrogens with zero attached hydrogens (tertiary/aromatic N) is 2. The number of imidazole rings is 1. The maximum absolute atomic E-state index is 13.0. The lowest BCUT2D eigenvalue weighted by molar-refractivity contribution is 0.00578. The molecular weight excluding hydrogens is 429 g/mol. The van der Waals surface area contributed by atoms with Crippen LogP contribution in [0, 0.1) is 5.41 Å². The van der Waals surface area contributed by atoms with Crippen LogP contribution in [0.4, 0.5) is 4.79 Å². The number of piperidine rings is 1. The molecule has 2 aromatic rings. The predicted octanol–water partition coefficient (Wildman–Crippen LogP) is 4.84. The van der Waals surface area contributed by atoms with Gasteiger partial charge in [0.15, 0.2) is 0 Å². The minimum atomic E-state index is -0.525. The molecule has 0 bridgehead atoms. The Morgan fingerprint density at radius 3 is 2.29 bits per heavy atom. The number of likely N-dealkylation sites (tertiary alicyclic amines) is 1. The summed E-state index contributed by atoms with van der Waals surface area (Å²) < 4.78 is 18.1. The van der Waals surface area contributed by atoms with Crippen molar-refractivity contribution in [3.63, 3.8) is 0 Å². The minimum absolute atomic E-state index is 0.101. The average molecular weight is 465 g/mol. The van der Waals surface area contributed by atoms with Crippen LogP contribution in [-0.2, 0) is 14.0 Å². The number of fused-ring (bicyclic) bond motifs is 1. The summed E-state index contributed by atoms with van der Waals surface area (Å²) in [5.41, 5.74) is 1.83. The second-order valence-electron chi connectivity index (χ2n) is 12.4. The molecule has 3 aliphatic rings. The molecule has 1 aliphatic carbocycles. The number of ether oxygens (including phenoxy) is 1. The number of carbonyl (C=O) groups excluding carboxylic acids is 1. The van der Waals surface area contributed by atoms with Crippen LogP contribution in [0.2, 0.25) is 0 Å². The molecule has 2 saturated heterocycles. The highest BCUT2D eigenvalue weighted by molar-refractivity contribution is 6.62. The van der Waals surface area contributed by atoms with E-state index in [1.165, 1.54) is 0 Å². The molecule has 3 heterocycles. The summed E-state index contributed by atoms with van der Waals surface area (Å²) in [6, 6.07) is 8.30. The number of nitrogens with one attached hydrogen (secondary N) is 1. The Kier molecular flexibility index (Phi) is 5.06. The minimum Gasteiger partial charge on any atom is -0.444 e. The Labute approximate surface area is 202 Å². The van der Waals surface area contributed by atoms with Crippen molar-refractivity contribution in [2.75, 3.05) is 0 Å². The van der Waals surface area contributed by atoms with Crippen LogP contribution in [0.5, 0.6) is 0 Å². The van der Waals surface area contributed by atoms with E-state index >= 15 is 0 Å². The Balaban J connectivity index is 1.33. The predicted molar refractivity (Wildman–Crippen MR) is 132 cm³/mol. The van der Waals surface area contributed by atoms with Gasteiger partial charge in [-0.3, -0.25) is 4.90 Å². The van der Waals surface area contributed by atoms with Gasteiger partial charge in [0.25, 0.3) is 0 Å². The van der Waals surface area contributed by atoms with Crippen LogP contribution in [0.1, 0.15) is 80.1 Å². The van der Waals surface area contributed by atoms with Gasteiger partial charge in [-0.25, -0.2) is 9.78 Å². The van der Waals surface area contributed by atoms with Gasteiger partial charge < -0.3 is 19.0 Å². The molecule has 1 saturated carbocycles. The standard InChI is InChI=1S/C26H36BN3O4/c1-23(2,3)32-22(31)30-19(13-26(8)14-20(26)30)21-28-15-18(29-21)16-9-11-17(12-10-16)27-33-24(4,5)25(6,7)34-27/h9-12,15,19-20H,13-14H2,1-8H3,(H,28,29)/t19-,20+,26-/m0/s1. The van der Waals surface area contributed by atoms with Gasteiger partial charge in [-0.2, -0.15) is 0 Å². The number of aromatic amines is 1. The van der Waals surface area contributed by atoms with Crippen molar-refractivity contribution < 1.29 is 18.8 Å². The summed E-state index contributed by atoms with van der Waals surface area (Å²) in [5, 5.41) is 0. The first-order valence-corrected chi connectivity index (χ1v) is 12.2. The quantitative estimate of drug-likeness (QED) is 0.657. The van der Waals surface area contributed by atoms with Crippen LogP contribution in [-0.4, -0.2) is 50.9 Å². The highest BCUT2D eigenvalue weighted by atomic mass is 16.7. The molecule has 3 atom stereocenters.